The molecule has 7 heteroatoms. The zero-order chi connectivity index (χ0) is 17.7. The van der Waals surface area contributed by atoms with Crippen LogP contribution >= 0.6 is 11.3 Å². The number of carbonyl (C=O) groups is 2. The fourth-order valence-electron chi connectivity index (χ4n) is 2.10. The molecule has 0 aliphatic carbocycles. The molecule has 0 spiro atoms. The highest BCUT2D eigenvalue weighted by Crippen LogP contribution is 2.18. The van der Waals surface area contributed by atoms with Gasteiger partial charge in [-0.2, -0.15) is 0 Å². The Kier molecular flexibility index (Phi) is 5.92. The number of aryl methyl sites for hydroxylation is 1. The van der Waals surface area contributed by atoms with E-state index in [9.17, 15) is 9.59 Å². The van der Waals surface area contributed by atoms with E-state index in [0.717, 1.165) is 4.88 Å². The van der Waals surface area contributed by atoms with Crippen molar-refractivity contribution in [3.63, 3.8) is 0 Å². The van der Waals surface area contributed by atoms with Gasteiger partial charge in [-0.15, -0.1) is 11.3 Å². The molecule has 0 radical (unpaired) electrons. The molecular weight excluding hydrogens is 326 g/mol. The number of nitrogens with one attached hydrogen (secondary N) is 2. The molecule has 0 aliphatic heterocycles. The Morgan fingerprint density at radius 1 is 1.21 bits per heavy atom. The Morgan fingerprint density at radius 2 is 1.88 bits per heavy atom. The minimum atomic E-state index is -0.649. The van der Waals surface area contributed by atoms with E-state index in [1.165, 1.54) is 11.3 Å². The van der Waals surface area contributed by atoms with E-state index in [0.29, 0.717) is 16.4 Å². The Labute approximate surface area is 145 Å². The van der Waals surface area contributed by atoms with E-state index >= 15 is 0 Å². The molecule has 1 aromatic carbocycles. The number of nitrogens with zero attached hydrogens (tertiary/aromatic N) is 1. The number of hydrogen-bond donors (Lipinski definition) is 2. The standard InChI is InChI=1S/C17H21N3O3S/c1-10(2)14(16(22)20-17-18-9-11(3)24-17)19-15(21)12-5-7-13(23-4)8-6-12/h5-10,14H,1-4H3,(H,19,21)(H,18,20,22)/t14-/m0/s1. The van der Waals surface area contributed by atoms with E-state index < -0.39 is 6.04 Å². The molecule has 0 saturated heterocycles. The molecule has 1 heterocycles. The zero-order valence-corrected chi connectivity index (χ0v) is 14.9. The Morgan fingerprint density at radius 3 is 2.38 bits per heavy atom. The first-order chi connectivity index (χ1) is 11.4. The molecular formula is C17H21N3O3S. The number of amides is 2. The molecule has 0 aliphatic rings. The maximum absolute atomic E-state index is 12.5. The summed E-state index contributed by atoms with van der Waals surface area (Å²) in [6.07, 6.45) is 1.70. The first kappa shape index (κ1) is 17.9. The predicted octanol–water partition coefficient (Wildman–Crippen LogP) is 2.85. The quantitative estimate of drug-likeness (QED) is 0.842. The number of ether oxygens (including phenoxy) is 1. The molecule has 1 atom stereocenters. The lowest BCUT2D eigenvalue weighted by Gasteiger charge is -2.21. The number of thiazole rings is 1. The van der Waals surface area contributed by atoms with Crippen molar-refractivity contribution in [3.8, 4) is 5.75 Å². The fourth-order valence-corrected chi connectivity index (χ4v) is 2.77. The van der Waals surface area contributed by atoms with E-state index in [2.05, 4.69) is 15.6 Å². The lowest BCUT2D eigenvalue weighted by molar-refractivity contribution is -0.118. The van der Waals surface area contributed by atoms with Crippen LogP contribution in [-0.2, 0) is 4.79 Å². The minimum Gasteiger partial charge on any atom is -0.497 e. The third-order valence-corrected chi connectivity index (χ3v) is 4.27. The molecule has 0 fully saturated rings. The predicted molar refractivity (Wildman–Crippen MR) is 94.6 cm³/mol. The summed E-state index contributed by atoms with van der Waals surface area (Å²) in [5.41, 5.74) is 0.472. The average molecular weight is 347 g/mol. The van der Waals surface area contributed by atoms with Gasteiger partial charge in [-0.3, -0.25) is 9.59 Å². The van der Waals surface area contributed by atoms with Crippen molar-refractivity contribution in [2.45, 2.75) is 26.8 Å². The molecule has 2 amide bonds. The van der Waals surface area contributed by atoms with Gasteiger partial charge >= 0.3 is 0 Å². The van der Waals surface area contributed by atoms with Crippen molar-refractivity contribution in [3.05, 3.63) is 40.9 Å². The maximum atomic E-state index is 12.5. The van der Waals surface area contributed by atoms with Crippen molar-refractivity contribution in [2.24, 2.45) is 5.92 Å². The fraction of sp³-hybridized carbons (Fsp3) is 0.353. The smallest absolute Gasteiger partial charge is 0.251 e. The SMILES string of the molecule is COc1ccc(C(=O)N[C@H](C(=O)Nc2ncc(C)s2)C(C)C)cc1. The van der Waals surface area contributed by atoms with E-state index in [1.807, 2.05) is 20.8 Å². The number of carbonyl (C=O) groups excluding carboxylic acids is 2. The van der Waals surface area contributed by atoms with Crippen LogP contribution in [0.3, 0.4) is 0 Å². The molecule has 0 unspecified atom stereocenters. The molecule has 1 aromatic heterocycles. The molecule has 0 saturated carbocycles. The Balaban J connectivity index is 2.06. The average Bonchev–Trinajstić information content (AvgIpc) is 2.96. The van der Waals surface area contributed by atoms with Gasteiger partial charge in [0.25, 0.3) is 5.91 Å². The lowest BCUT2D eigenvalue weighted by atomic mass is 10.0. The summed E-state index contributed by atoms with van der Waals surface area (Å²) in [5, 5.41) is 6.06. The summed E-state index contributed by atoms with van der Waals surface area (Å²) in [4.78, 5) is 29.9. The van der Waals surface area contributed by atoms with Gasteiger partial charge < -0.3 is 15.4 Å². The second-order valence-electron chi connectivity index (χ2n) is 5.69. The minimum absolute atomic E-state index is 0.0618. The molecule has 2 rings (SSSR count). The number of aromatic nitrogens is 1. The summed E-state index contributed by atoms with van der Waals surface area (Å²) < 4.78 is 5.07. The van der Waals surface area contributed by atoms with Crippen LogP contribution in [0.15, 0.2) is 30.5 Å². The molecule has 0 bridgehead atoms. The van der Waals surface area contributed by atoms with Gasteiger partial charge in [0.15, 0.2) is 5.13 Å². The Bertz CT molecular complexity index is 710. The second-order valence-corrected chi connectivity index (χ2v) is 6.92. The van der Waals surface area contributed by atoms with E-state index in [1.54, 1.807) is 37.6 Å². The molecule has 128 valence electrons. The van der Waals surface area contributed by atoms with Gasteiger partial charge in [0.1, 0.15) is 11.8 Å². The number of methoxy groups -OCH3 is 1. The highest BCUT2D eigenvalue weighted by molar-refractivity contribution is 7.15. The largest absolute Gasteiger partial charge is 0.497 e. The molecule has 24 heavy (non-hydrogen) atoms. The molecule has 2 aromatic rings. The summed E-state index contributed by atoms with van der Waals surface area (Å²) in [6.45, 7) is 5.68. The van der Waals surface area contributed by atoms with Gasteiger partial charge in [-0.1, -0.05) is 13.8 Å². The van der Waals surface area contributed by atoms with Crippen molar-refractivity contribution >= 4 is 28.3 Å². The number of hydrogen-bond acceptors (Lipinski definition) is 5. The van der Waals surface area contributed by atoms with Crippen molar-refractivity contribution in [1.82, 2.24) is 10.3 Å². The topological polar surface area (TPSA) is 80.3 Å². The van der Waals surface area contributed by atoms with Gasteiger partial charge in [-0.25, -0.2) is 4.98 Å². The first-order valence-electron chi connectivity index (χ1n) is 7.59. The van der Waals surface area contributed by atoms with Crippen LogP contribution in [0.25, 0.3) is 0 Å². The zero-order valence-electron chi connectivity index (χ0n) is 14.1. The van der Waals surface area contributed by atoms with Crippen LogP contribution in [0.2, 0.25) is 0 Å². The van der Waals surface area contributed by atoms with Crippen LogP contribution < -0.4 is 15.4 Å². The van der Waals surface area contributed by atoms with E-state index in [4.69, 9.17) is 4.74 Å². The van der Waals surface area contributed by atoms with Crippen molar-refractivity contribution in [2.75, 3.05) is 12.4 Å². The third-order valence-electron chi connectivity index (χ3n) is 3.44. The number of benzene rings is 1. The first-order valence-corrected chi connectivity index (χ1v) is 8.40. The number of rotatable bonds is 6. The summed E-state index contributed by atoms with van der Waals surface area (Å²) in [6, 6.07) is 6.08. The summed E-state index contributed by atoms with van der Waals surface area (Å²) in [5.74, 6) is 0.0279. The highest BCUT2D eigenvalue weighted by Gasteiger charge is 2.25. The van der Waals surface area contributed by atoms with Crippen LogP contribution in [0.1, 0.15) is 29.1 Å². The Hall–Kier alpha value is -2.41. The van der Waals surface area contributed by atoms with Gasteiger partial charge in [0.2, 0.25) is 5.91 Å². The third kappa shape index (κ3) is 4.55. The van der Waals surface area contributed by atoms with E-state index in [-0.39, 0.29) is 17.7 Å². The highest BCUT2D eigenvalue weighted by atomic mass is 32.1. The monoisotopic (exact) mass is 347 g/mol. The second kappa shape index (κ2) is 7.92. The molecule has 2 N–H and O–H groups in total. The van der Waals surface area contributed by atoms with Gasteiger partial charge in [0, 0.05) is 16.6 Å². The maximum Gasteiger partial charge on any atom is 0.251 e. The normalized spacial score (nSPS) is 11.9. The van der Waals surface area contributed by atoms with Crippen LogP contribution in [0.4, 0.5) is 5.13 Å². The van der Waals surface area contributed by atoms with Gasteiger partial charge in [-0.05, 0) is 37.1 Å². The lowest BCUT2D eigenvalue weighted by Crippen LogP contribution is -2.47. The summed E-state index contributed by atoms with van der Waals surface area (Å²) >= 11 is 1.39. The van der Waals surface area contributed by atoms with Crippen LogP contribution in [0.5, 0.6) is 5.75 Å². The van der Waals surface area contributed by atoms with Crippen molar-refractivity contribution < 1.29 is 14.3 Å². The number of anilines is 1. The van der Waals surface area contributed by atoms with Crippen molar-refractivity contribution in [1.29, 1.82) is 0 Å². The van der Waals surface area contributed by atoms with Crippen LogP contribution in [-0.4, -0.2) is 29.9 Å². The van der Waals surface area contributed by atoms with Gasteiger partial charge in [0.05, 0.1) is 7.11 Å². The molecule has 6 nitrogen and oxygen atoms in total. The summed E-state index contributed by atoms with van der Waals surface area (Å²) in [7, 11) is 1.56. The van der Waals surface area contributed by atoms with Crippen LogP contribution in [0, 0.1) is 12.8 Å².